The van der Waals surface area contributed by atoms with Gasteiger partial charge in [-0.3, -0.25) is 0 Å². The topological polar surface area (TPSA) is 64.3 Å². The zero-order valence-electron chi connectivity index (χ0n) is 11.3. The molecule has 4 nitrogen and oxygen atoms in total. The lowest BCUT2D eigenvalue weighted by Crippen LogP contribution is -2.34. The third-order valence-electron chi connectivity index (χ3n) is 3.03. The van der Waals surface area contributed by atoms with Crippen molar-refractivity contribution in [2.45, 2.75) is 45.8 Å². The van der Waals surface area contributed by atoms with Crippen LogP contribution in [-0.2, 0) is 4.74 Å². The molecule has 1 unspecified atom stereocenters. The summed E-state index contributed by atoms with van der Waals surface area (Å²) in [6, 6.07) is 7.57. The Morgan fingerprint density at radius 2 is 1.94 bits per heavy atom. The molecule has 0 aliphatic heterocycles. The standard InChI is InChI=1S/C14H22N2O2/c1-4-11(5-2)16-14(17)18-10(3)12-8-6-7-9-13(12)15/h6-11H,4-5,15H2,1-3H3,(H,16,17). The molecule has 100 valence electrons. The van der Waals surface area contributed by atoms with Crippen molar-refractivity contribution >= 4 is 11.8 Å². The molecule has 18 heavy (non-hydrogen) atoms. The van der Waals surface area contributed by atoms with Gasteiger partial charge in [0.1, 0.15) is 6.10 Å². The van der Waals surface area contributed by atoms with Crippen LogP contribution in [0, 0.1) is 0 Å². The summed E-state index contributed by atoms with van der Waals surface area (Å²) in [7, 11) is 0. The number of carbonyl (C=O) groups is 1. The Morgan fingerprint density at radius 1 is 1.33 bits per heavy atom. The Kier molecular flexibility index (Phi) is 5.49. The van der Waals surface area contributed by atoms with Gasteiger partial charge in [0, 0.05) is 17.3 Å². The maximum atomic E-state index is 11.7. The molecule has 0 saturated carbocycles. The first-order chi connectivity index (χ1) is 8.58. The molecule has 0 spiro atoms. The van der Waals surface area contributed by atoms with E-state index in [1.165, 1.54) is 0 Å². The molecule has 0 saturated heterocycles. The van der Waals surface area contributed by atoms with Crippen LogP contribution >= 0.6 is 0 Å². The molecule has 0 fully saturated rings. The van der Waals surface area contributed by atoms with Gasteiger partial charge in [0.2, 0.25) is 0 Å². The zero-order chi connectivity index (χ0) is 13.5. The van der Waals surface area contributed by atoms with E-state index in [-0.39, 0.29) is 18.2 Å². The predicted molar refractivity (Wildman–Crippen MR) is 73.3 cm³/mol. The van der Waals surface area contributed by atoms with Gasteiger partial charge in [-0.2, -0.15) is 0 Å². The van der Waals surface area contributed by atoms with Gasteiger partial charge in [0.05, 0.1) is 0 Å². The number of amides is 1. The Morgan fingerprint density at radius 3 is 2.50 bits per heavy atom. The van der Waals surface area contributed by atoms with Crippen molar-refractivity contribution in [2.75, 3.05) is 5.73 Å². The van der Waals surface area contributed by atoms with E-state index in [1.807, 2.05) is 39.0 Å². The molecule has 4 heteroatoms. The zero-order valence-corrected chi connectivity index (χ0v) is 11.3. The summed E-state index contributed by atoms with van der Waals surface area (Å²) in [4.78, 5) is 11.7. The molecule has 1 amide bonds. The van der Waals surface area contributed by atoms with E-state index in [4.69, 9.17) is 10.5 Å². The van der Waals surface area contributed by atoms with Crippen molar-refractivity contribution in [3.63, 3.8) is 0 Å². The van der Waals surface area contributed by atoms with Crippen LogP contribution < -0.4 is 11.1 Å². The smallest absolute Gasteiger partial charge is 0.407 e. The van der Waals surface area contributed by atoms with Gasteiger partial charge < -0.3 is 15.8 Å². The van der Waals surface area contributed by atoms with Crippen LogP contribution in [0.25, 0.3) is 0 Å². The normalized spacial score (nSPS) is 12.2. The third-order valence-corrected chi connectivity index (χ3v) is 3.03. The lowest BCUT2D eigenvalue weighted by molar-refractivity contribution is 0.103. The molecule has 1 aromatic rings. The fourth-order valence-corrected chi connectivity index (χ4v) is 1.80. The van der Waals surface area contributed by atoms with E-state index in [2.05, 4.69) is 5.32 Å². The number of nitrogens with two attached hydrogens (primary N) is 1. The van der Waals surface area contributed by atoms with Crippen LogP contribution in [0.15, 0.2) is 24.3 Å². The summed E-state index contributed by atoms with van der Waals surface area (Å²) in [5, 5.41) is 2.83. The highest BCUT2D eigenvalue weighted by molar-refractivity contribution is 5.68. The second-order valence-electron chi connectivity index (χ2n) is 4.33. The molecular formula is C14H22N2O2. The van der Waals surface area contributed by atoms with E-state index in [0.29, 0.717) is 5.69 Å². The Balaban J connectivity index is 2.57. The molecule has 0 aromatic heterocycles. The van der Waals surface area contributed by atoms with Crippen LogP contribution in [0.5, 0.6) is 0 Å². The van der Waals surface area contributed by atoms with Crippen molar-refractivity contribution in [1.82, 2.24) is 5.32 Å². The van der Waals surface area contributed by atoms with Gasteiger partial charge in [-0.05, 0) is 25.8 Å². The van der Waals surface area contributed by atoms with E-state index >= 15 is 0 Å². The molecule has 1 rings (SSSR count). The molecule has 1 atom stereocenters. The average molecular weight is 250 g/mol. The van der Waals surface area contributed by atoms with Gasteiger partial charge in [-0.1, -0.05) is 32.0 Å². The number of nitrogens with one attached hydrogen (secondary N) is 1. The van der Waals surface area contributed by atoms with Crippen molar-refractivity contribution in [3.8, 4) is 0 Å². The first-order valence-electron chi connectivity index (χ1n) is 6.40. The van der Waals surface area contributed by atoms with Crippen LogP contribution in [0.4, 0.5) is 10.5 Å². The Labute approximate surface area is 109 Å². The highest BCUT2D eigenvalue weighted by Crippen LogP contribution is 2.22. The lowest BCUT2D eigenvalue weighted by Gasteiger charge is -2.19. The van der Waals surface area contributed by atoms with Crippen LogP contribution in [0.1, 0.15) is 45.3 Å². The number of para-hydroxylation sites is 1. The highest BCUT2D eigenvalue weighted by atomic mass is 16.6. The van der Waals surface area contributed by atoms with E-state index in [1.54, 1.807) is 6.07 Å². The monoisotopic (exact) mass is 250 g/mol. The fourth-order valence-electron chi connectivity index (χ4n) is 1.80. The summed E-state index contributed by atoms with van der Waals surface area (Å²) in [5.74, 6) is 0. The number of anilines is 1. The van der Waals surface area contributed by atoms with E-state index in [0.717, 1.165) is 18.4 Å². The summed E-state index contributed by atoms with van der Waals surface area (Å²) in [6.07, 6.45) is 1.06. The quantitative estimate of drug-likeness (QED) is 0.788. The number of hydrogen-bond acceptors (Lipinski definition) is 3. The number of rotatable bonds is 5. The third kappa shape index (κ3) is 3.95. The number of carbonyl (C=O) groups excluding carboxylic acids is 1. The minimum Gasteiger partial charge on any atom is -0.442 e. The maximum Gasteiger partial charge on any atom is 0.407 e. The highest BCUT2D eigenvalue weighted by Gasteiger charge is 2.15. The van der Waals surface area contributed by atoms with Crippen molar-refractivity contribution in [1.29, 1.82) is 0 Å². The molecular weight excluding hydrogens is 228 g/mol. The molecule has 0 radical (unpaired) electrons. The van der Waals surface area contributed by atoms with Crippen molar-refractivity contribution < 1.29 is 9.53 Å². The first-order valence-corrected chi connectivity index (χ1v) is 6.40. The predicted octanol–water partition coefficient (Wildman–Crippen LogP) is 3.24. The molecule has 0 aliphatic carbocycles. The van der Waals surface area contributed by atoms with Crippen LogP contribution in [0.2, 0.25) is 0 Å². The number of benzene rings is 1. The van der Waals surface area contributed by atoms with Crippen LogP contribution in [0.3, 0.4) is 0 Å². The van der Waals surface area contributed by atoms with Gasteiger partial charge in [-0.25, -0.2) is 4.79 Å². The van der Waals surface area contributed by atoms with Gasteiger partial charge in [-0.15, -0.1) is 0 Å². The van der Waals surface area contributed by atoms with Gasteiger partial charge in [0.15, 0.2) is 0 Å². The summed E-state index contributed by atoms with van der Waals surface area (Å²) in [6.45, 7) is 5.89. The fraction of sp³-hybridized carbons (Fsp3) is 0.500. The number of alkyl carbamates (subject to hydrolysis) is 1. The molecule has 0 aliphatic rings. The minimum absolute atomic E-state index is 0.165. The molecule has 1 aromatic carbocycles. The second kappa shape index (κ2) is 6.89. The minimum atomic E-state index is -0.389. The average Bonchev–Trinajstić information content (AvgIpc) is 2.36. The summed E-state index contributed by atoms with van der Waals surface area (Å²) in [5.41, 5.74) is 7.31. The van der Waals surface area contributed by atoms with Crippen LogP contribution in [-0.4, -0.2) is 12.1 Å². The largest absolute Gasteiger partial charge is 0.442 e. The van der Waals surface area contributed by atoms with E-state index < -0.39 is 0 Å². The summed E-state index contributed by atoms with van der Waals surface area (Å²) >= 11 is 0. The van der Waals surface area contributed by atoms with Gasteiger partial charge >= 0.3 is 6.09 Å². The van der Waals surface area contributed by atoms with Crippen molar-refractivity contribution in [2.24, 2.45) is 0 Å². The number of hydrogen-bond donors (Lipinski definition) is 2. The van der Waals surface area contributed by atoms with Gasteiger partial charge in [0.25, 0.3) is 0 Å². The number of nitrogen functional groups attached to an aromatic ring is 1. The maximum absolute atomic E-state index is 11.7. The second-order valence-corrected chi connectivity index (χ2v) is 4.33. The lowest BCUT2D eigenvalue weighted by atomic mass is 10.1. The SMILES string of the molecule is CCC(CC)NC(=O)OC(C)c1ccccc1N. The molecule has 0 heterocycles. The van der Waals surface area contributed by atoms with E-state index in [9.17, 15) is 4.79 Å². The summed E-state index contributed by atoms with van der Waals surface area (Å²) < 4.78 is 5.32. The molecule has 3 N–H and O–H groups in total. The Hall–Kier alpha value is -1.71. The first kappa shape index (κ1) is 14.4. The molecule has 0 bridgehead atoms. The Bertz CT molecular complexity index is 389. The van der Waals surface area contributed by atoms with Crippen molar-refractivity contribution in [3.05, 3.63) is 29.8 Å². The number of ether oxygens (including phenoxy) is 1.